The van der Waals surface area contributed by atoms with Crippen LogP contribution in [0.25, 0.3) is 20.8 Å². The first kappa shape index (κ1) is 21.8. The minimum absolute atomic E-state index is 0.122. The molecule has 0 aliphatic carbocycles. The fourth-order valence-corrected chi connectivity index (χ4v) is 5.40. The minimum Gasteiger partial charge on any atom is -0.373 e. The molecule has 6 heteroatoms. The second-order valence-electron chi connectivity index (χ2n) is 8.63. The van der Waals surface area contributed by atoms with Crippen molar-refractivity contribution in [1.29, 1.82) is 0 Å². The van der Waals surface area contributed by atoms with Crippen LogP contribution >= 0.6 is 11.3 Å². The molecule has 0 saturated carbocycles. The molecule has 4 aromatic rings. The molecule has 5 nitrogen and oxygen atoms in total. The predicted molar refractivity (Wildman–Crippen MR) is 135 cm³/mol. The maximum Gasteiger partial charge on any atom is 0.255 e. The van der Waals surface area contributed by atoms with E-state index in [0.717, 1.165) is 46.1 Å². The number of hydrogen-bond donors (Lipinski definition) is 1. The molecule has 2 atom stereocenters. The Kier molecular flexibility index (Phi) is 6.22. The molecule has 0 bridgehead atoms. The smallest absolute Gasteiger partial charge is 0.255 e. The van der Waals surface area contributed by atoms with Gasteiger partial charge in [0.25, 0.3) is 5.91 Å². The number of aromatic nitrogens is 1. The second-order valence-corrected chi connectivity index (χ2v) is 9.67. The number of carbonyl (C=O) groups is 1. The van der Waals surface area contributed by atoms with E-state index in [1.54, 1.807) is 11.3 Å². The molecule has 0 radical (unpaired) electrons. The zero-order valence-electron chi connectivity index (χ0n) is 18.8. The zero-order chi connectivity index (χ0) is 22.8. The van der Waals surface area contributed by atoms with Crippen LogP contribution in [-0.2, 0) is 11.3 Å². The lowest BCUT2D eigenvalue weighted by Crippen LogP contribution is -2.44. The Morgan fingerprint density at radius 3 is 2.45 bits per heavy atom. The first-order chi connectivity index (χ1) is 16.0. The molecule has 33 heavy (non-hydrogen) atoms. The number of morpholine rings is 1. The summed E-state index contributed by atoms with van der Waals surface area (Å²) in [4.78, 5) is 20.2. The van der Waals surface area contributed by atoms with Gasteiger partial charge in [-0.3, -0.25) is 9.69 Å². The van der Waals surface area contributed by atoms with Crippen LogP contribution in [0.2, 0.25) is 0 Å². The summed E-state index contributed by atoms with van der Waals surface area (Å²) in [6, 6.07) is 23.8. The highest BCUT2D eigenvalue weighted by atomic mass is 32.1. The van der Waals surface area contributed by atoms with E-state index in [1.165, 1.54) is 5.56 Å². The molecule has 1 amide bonds. The van der Waals surface area contributed by atoms with Crippen LogP contribution in [0.15, 0.2) is 72.8 Å². The number of nitrogens with zero attached hydrogens (tertiary/aromatic N) is 2. The van der Waals surface area contributed by atoms with Gasteiger partial charge in [-0.1, -0.05) is 36.4 Å². The number of amides is 1. The first-order valence-corrected chi connectivity index (χ1v) is 12.1. The fraction of sp³-hybridized carbons (Fsp3) is 0.259. The van der Waals surface area contributed by atoms with Crippen LogP contribution < -0.4 is 5.32 Å². The topological polar surface area (TPSA) is 54.5 Å². The van der Waals surface area contributed by atoms with Crippen LogP contribution in [0.5, 0.6) is 0 Å². The van der Waals surface area contributed by atoms with Crippen molar-refractivity contribution in [1.82, 2.24) is 9.88 Å². The van der Waals surface area contributed by atoms with Gasteiger partial charge in [-0.05, 0) is 55.8 Å². The minimum atomic E-state index is -0.122. The molecule has 1 N–H and O–H groups in total. The molecule has 1 saturated heterocycles. The van der Waals surface area contributed by atoms with E-state index in [4.69, 9.17) is 9.72 Å². The highest BCUT2D eigenvalue weighted by Crippen LogP contribution is 2.34. The van der Waals surface area contributed by atoms with Crippen molar-refractivity contribution >= 4 is 33.1 Å². The van der Waals surface area contributed by atoms with Crippen molar-refractivity contribution in [2.45, 2.75) is 32.6 Å². The van der Waals surface area contributed by atoms with Gasteiger partial charge in [0.2, 0.25) is 0 Å². The Hall–Kier alpha value is -3.06. The molecule has 3 aromatic carbocycles. The third-order valence-corrected chi connectivity index (χ3v) is 6.89. The Morgan fingerprint density at radius 2 is 1.70 bits per heavy atom. The van der Waals surface area contributed by atoms with Crippen molar-refractivity contribution < 1.29 is 9.53 Å². The van der Waals surface area contributed by atoms with E-state index in [-0.39, 0.29) is 18.1 Å². The number of hydrogen-bond acceptors (Lipinski definition) is 5. The summed E-state index contributed by atoms with van der Waals surface area (Å²) in [5, 5.41) is 3.98. The molecular formula is C27H27N3O2S. The van der Waals surface area contributed by atoms with Crippen LogP contribution in [0, 0.1) is 0 Å². The van der Waals surface area contributed by atoms with Crippen LogP contribution in [0.4, 0.5) is 5.69 Å². The van der Waals surface area contributed by atoms with Gasteiger partial charge in [-0.25, -0.2) is 4.98 Å². The second kappa shape index (κ2) is 9.43. The standard InChI is InChI=1S/C27H27N3O2S/c1-18-15-30(16-19(2)32-18)17-20-11-13-21(14-12-20)26(31)28-23-8-4-3-7-22(23)27-29-24-9-5-6-10-25(24)33-27/h3-14,18-19H,15-17H2,1-2H3,(H,28,31). The van der Waals surface area contributed by atoms with Gasteiger partial charge < -0.3 is 10.1 Å². The van der Waals surface area contributed by atoms with E-state index in [0.29, 0.717) is 5.56 Å². The van der Waals surface area contributed by atoms with Crippen molar-refractivity contribution in [3.63, 3.8) is 0 Å². The number of thiazole rings is 1. The average molecular weight is 458 g/mol. The van der Waals surface area contributed by atoms with Gasteiger partial charge in [0.15, 0.2) is 0 Å². The lowest BCUT2D eigenvalue weighted by Gasteiger charge is -2.35. The molecule has 1 aliphatic heterocycles. The Bertz CT molecular complexity index is 1220. The summed E-state index contributed by atoms with van der Waals surface area (Å²) in [5.74, 6) is -0.122. The normalized spacial score (nSPS) is 19.0. The molecule has 0 spiro atoms. The quantitative estimate of drug-likeness (QED) is 0.410. The zero-order valence-corrected chi connectivity index (χ0v) is 19.6. The molecular weight excluding hydrogens is 430 g/mol. The van der Waals surface area contributed by atoms with E-state index in [2.05, 4.69) is 30.1 Å². The highest BCUT2D eigenvalue weighted by Gasteiger charge is 2.22. The summed E-state index contributed by atoms with van der Waals surface area (Å²) in [6.45, 7) is 6.94. The molecule has 168 valence electrons. The lowest BCUT2D eigenvalue weighted by atomic mass is 10.1. The number of benzene rings is 3. The van der Waals surface area contributed by atoms with E-state index >= 15 is 0 Å². The van der Waals surface area contributed by atoms with E-state index in [9.17, 15) is 4.79 Å². The molecule has 1 fully saturated rings. The summed E-state index contributed by atoms with van der Waals surface area (Å²) < 4.78 is 6.95. The monoisotopic (exact) mass is 457 g/mol. The van der Waals surface area contributed by atoms with Gasteiger partial charge in [-0.2, -0.15) is 0 Å². The average Bonchev–Trinajstić information content (AvgIpc) is 3.23. The van der Waals surface area contributed by atoms with Gasteiger partial charge in [0.05, 0.1) is 28.1 Å². The summed E-state index contributed by atoms with van der Waals surface area (Å²) in [5.41, 5.74) is 4.50. The number of anilines is 1. The van der Waals surface area contributed by atoms with Gasteiger partial charge in [-0.15, -0.1) is 11.3 Å². The van der Waals surface area contributed by atoms with Crippen molar-refractivity contribution in [3.05, 3.63) is 83.9 Å². The Balaban J connectivity index is 1.30. The van der Waals surface area contributed by atoms with Crippen molar-refractivity contribution in [2.24, 2.45) is 0 Å². The maximum absolute atomic E-state index is 13.0. The lowest BCUT2D eigenvalue weighted by molar-refractivity contribution is -0.0704. The van der Waals surface area contributed by atoms with Crippen LogP contribution in [-0.4, -0.2) is 41.1 Å². The molecule has 2 unspecified atom stereocenters. The van der Waals surface area contributed by atoms with E-state index in [1.807, 2.05) is 66.7 Å². The number of carbonyl (C=O) groups excluding carboxylic acids is 1. The van der Waals surface area contributed by atoms with Crippen molar-refractivity contribution in [2.75, 3.05) is 18.4 Å². The molecule has 5 rings (SSSR count). The summed E-state index contributed by atoms with van der Waals surface area (Å²) in [6.07, 6.45) is 0.489. The number of fused-ring (bicyclic) bond motifs is 1. The third-order valence-electron chi connectivity index (χ3n) is 5.82. The molecule has 2 heterocycles. The fourth-order valence-electron chi connectivity index (χ4n) is 4.39. The number of nitrogens with one attached hydrogen (secondary N) is 1. The van der Waals surface area contributed by atoms with Gasteiger partial charge in [0, 0.05) is 30.8 Å². The SMILES string of the molecule is CC1CN(Cc2ccc(C(=O)Nc3ccccc3-c3nc4ccccc4s3)cc2)CC(C)O1. The predicted octanol–water partition coefficient (Wildman–Crippen LogP) is 5.82. The highest BCUT2D eigenvalue weighted by molar-refractivity contribution is 7.21. The van der Waals surface area contributed by atoms with Crippen LogP contribution in [0.3, 0.4) is 0 Å². The Morgan fingerprint density at radius 1 is 1.00 bits per heavy atom. The van der Waals surface area contributed by atoms with Crippen LogP contribution in [0.1, 0.15) is 29.8 Å². The number of ether oxygens (including phenoxy) is 1. The number of para-hydroxylation sites is 2. The first-order valence-electron chi connectivity index (χ1n) is 11.3. The van der Waals surface area contributed by atoms with Gasteiger partial charge >= 0.3 is 0 Å². The third kappa shape index (κ3) is 4.98. The van der Waals surface area contributed by atoms with E-state index < -0.39 is 0 Å². The Labute approximate surface area is 198 Å². The number of rotatable bonds is 5. The summed E-state index contributed by atoms with van der Waals surface area (Å²) in [7, 11) is 0. The van der Waals surface area contributed by atoms with Gasteiger partial charge in [0.1, 0.15) is 5.01 Å². The molecule has 1 aromatic heterocycles. The summed E-state index contributed by atoms with van der Waals surface area (Å²) >= 11 is 1.63. The maximum atomic E-state index is 13.0. The van der Waals surface area contributed by atoms with Crippen molar-refractivity contribution in [3.8, 4) is 10.6 Å². The molecule has 1 aliphatic rings. The largest absolute Gasteiger partial charge is 0.373 e.